The summed E-state index contributed by atoms with van der Waals surface area (Å²) in [5.74, 6) is -1.47. The summed E-state index contributed by atoms with van der Waals surface area (Å²) in [4.78, 5) is 17.8. The first kappa shape index (κ1) is 12.6. The van der Waals surface area contributed by atoms with Crippen molar-refractivity contribution < 1.29 is 23.1 Å². The van der Waals surface area contributed by atoms with Gasteiger partial charge in [0.2, 0.25) is 5.28 Å². The van der Waals surface area contributed by atoms with Crippen LogP contribution in [-0.2, 0) is 6.18 Å². The molecule has 0 aliphatic carbocycles. The molecule has 18 heavy (non-hydrogen) atoms. The summed E-state index contributed by atoms with van der Waals surface area (Å²) in [7, 11) is 0. The maximum atomic E-state index is 12.7. The lowest BCUT2D eigenvalue weighted by Gasteiger charge is -2.10. The number of nitrogens with zero attached hydrogens (tertiary/aromatic N) is 2. The molecule has 0 saturated heterocycles. The van der Waals surface area contributed by atoms with Crippen LogP contribution in [0.4, 0.5) is 13.2 Å². The molecule has 1 aromatic heterocycles. The average Bonchev–Trinajstić information content (AvgIpc) is 2.25. The van der Waals surface area contributed by atoms with Gasteiger partial charge in [-0.25, -0.2) is 14.8 Å². The predicted octanol–water partition coefficient (Wildman–Crippen LogP) is 3.00. The Bertz CT molecular complexity index is 643. The standard InChI is InChI=1S/C10H4ClF3N2O2/c11-9-15-6-4(7(16-9)8(17)18)2-1-3-5(6)10(12,13)14/h1-3H,(H,17,18). The molecule has 2 rings (SSSR count). The van der Waals surface area contributed by atoms with Crippen LogP contribution in [0.3, 0.4) is 0 Å². The predicted molar refractivity (Wildman–Crippen MR) is 56.5 cm³/mol. The Hall–Kier alpha value is -1.89. The van der Waals surface area contributed by atoms with Gasteiger partial charge in [-0.1, -0.05) is 12.1 Å². The van der Waals surface area contributed by atoms with Crippen LogP contribution >= 0.6 is 11.6 Å². The van der Waals surface area contributed by atoms with E-state index in [-0.39, 0.29) is 5.39 Å². The van der Waals surface area contributed by atoms with E-state index in [1.54, 1.807) is 0 Å². The van der Waals surface area contributed by atoms with E-state index in [2.05, 4.69) is 9.97 Å². The van der Waals surface area contributed by atoms with Crippen LogP contribution in [0.5, 0.6) is 0 Å². The van der Waals surface area contributed by atoms with Crippen molar-refractivity contribution in [2.75, 3.05) is 0 Å². The molecular formula is C10H4ClF3N2O2. The molecule has 0 radical (unpaired) electrons. The molecule has 0 fully saturated rings. The highest BCUT2D eigenvalue weighted by Gasteiger charge is 2.34. The zero-order valence-electron chi connectivity index (χ0n) is 8.49. The number of para-hydroxylation sites is 1. The summed E-state index contributed by atoms with van der Waals surface area (Å²) in [6.07, 6.45) is -4.65. The van der Waals surface area contributed by atoms with Gasteiger partial charge in [0.1, 0.15) is 0 Å². The van der Waals surface area contributed by atoms with Crippen LogP contribution in [0.1, 0.15) is 16.1 Å². The first-order valence-corrected chi connectivity index (χ1v) is 4.95. The Balaban J connectivity index is 2.90. The smallest absolute Gasteiger partial charge is 0.418 e. The Morgan fingerprint density at radius 1 is 1.28 bits per heavy atom. The zero-order valence-corrected chi connectivity index (χ0v) is 9.25. The molecule has 0 unspecified atom stereocenters. The van der Waals surface area contributed by atoms with Crippen molar-refractivity contribution in [2.45, 2.75) is 6.18 Å². The molecule has 1 aromatic carbocycles. The lowest BCUT2D eigenvalue weighted by atomic mass is 10.1. The number of rotatable bonds is 1. The average molecular weight is 277 g/mol. The van der Waals surface area contributed by atoms with Crippen LogP contribution in [-0.4, -0.2) is 21.0 Å². The summed E-state index contributed by atoms with van der Waals surface area (Å²) in [6, 6.07) is 3.09. The highest BCUT2D eigenvalue weighted by molar-refractivity contribution is 6.29. The SMILES string of the molecule is O=C(O)c1nc(Cl)nc2c(C(F)(F)F)cccc12. The van der Waals surface area contributed by atoms with Crippen LogP contribution in [0, 0.1) is 0 Å². The monoisotopic (exact) mass is 276 g/mol. The molecule has 0 saturated carbocycles. The fourth-order valence-corrected chi connectivity index (χ4v) is 1.69. The Morgan fingerprint density at radius 3 is 2.50 bits per heavy atom. The topological polar surface area (TPSA) is 63.1 Å². The van der Waals surface area contributed by atoms with Gasteiger partial charge in [-0.05, 0) is 17.7 Å². The lowest BCUT2D eigenvalue weighted by Crippen LogP contribution is -2.09. The number of carboxylic acid groups (broad SMARTS) is 1. The molecule has 1 heterocycles. The Kier molecular flexibility index (Phi) is 2.86. The number of aromatic nitrogens is 2. The number of hydrogen-bond donors (Lipinski definition) is 1. The van der Waals surface area contributed by atoms with Crippen LogP contribution in [0.2, 0.25) is 5.28 Å². The van der Waals surface area contributed by atoms with E-state index in [0.717, 1.165) is 12.1 Å². The van der Waals surface area contributed by atoms with Gasteiger partial charge in [0.25, 0.3) is 0 Å². The van der Waals surface area contributed by atoms with Gasteiger partial charge >= 0.3 is 12.1 Å². The van der Waals surface area contributed by atoms with Gasteiger partial charge in [0, 0.05) is 5.39 Å². The molecular weight excluding hydrogens is 273 g/mol. The number of aromatic carboxylic acids is 1. The Morgan fingerprint density at radius 2 is 1.94 bits per heavy atom. The summed E-state index contributed by atoms with van der Waals surface area (Å²) < 4.78 is 38.2. The van der Waals surface area contributed by atoms with Crippen molar-refractivity contribution in [2.24, 2.45) is 0 Å². The number of benzene rings is 1. The second-order valence-corrected chi connectivity index (χ2v) is 3.68. The molecule has 0 amide bonds. The van der Waals surface area contributed by atoms with E-state index in [0.29, 0.717) is 0 Å². The molecule has 0 aliphatic heterocycles. The molecule has 0 spiro atoms. The number of alkyl halides is 3. The molecule has 2 aromatic rings. The molecule has 0 bridgehead atoms. The van der Waals surface area contributed by atoms with Crippen molar-refractivity contribution >= 4 is 28.5 Å². The van der Waals surface area contributed by atoms with E-state index < -0.39 is 34.2 Å². The zero-order chi connectivity index (χ0) is 13.5. The summed E-state index contributed by atoms with van der Waals surface area (Å²) in [6.45, 7) is 0. The second kappa shape index (κ2) is 4.09. The van der Waals surface area contributed by atoms with Gasteiger partial charge in [-0.2, -0.15) is 13.2 Å². The normalized spacial score (nSPS) is 11.8. The van der Waals surface area contributed by atoms with E-state index in [1.807, 2.05) is 0 Å². The fraction of sp³-hybridized carbons (Fsp3) is 0.100. The number of hydrogen-bond acceptors (Lipinski definition) is 3. The highest BCUT2D eigenvalue weighted by atomic mass is 35.5. The molecule has 8 heteroatoms. The summed E-state index contributed by atoms with van der Waals surface area (Å²) in [5, 5.41) is 8.12. The third-order valence-corrected chi connectivity index (χ3v) is 2.38. The first-order valence-electron chi connectivity index (χ1n) is 4.57. The van der Waals surface area contributed by atoms with Gasteiger partial charge in [-0.15, -0.1) is 0 Å². The third kappa shape index (κ3) is 2.08. The van der Waals surface area contributed by atoms with Crippen molar-refractivity contribution in [1.82, 2.24) is 9.97 Å². The Labute approximate surface area is 103 Å². The molecule has 0 atom stereocenters. The van der Waals surface area contributed by atoms with E-state index in [4.69, 9.17) is 16.7 Å². The van der Waals surface area contributed by atoms with Crippen molar-refractivity contribution in [1.29, 1.82) is 0 Å². The largest absolute Gasteiger partial charge is 0.476 e. The van der Waals surface area contributed by atoms with E-state index in [9.17, 15) is 18.0 Å². The first-order chi connectivity index (χ1) is 8.30. The minimum absolute atomic E-state index is 0.207. The third-order valence-electron chi connectivity index (χ3n) is 2.21. The number of fused-ring (bicyclic) bond motifs is 1. The number of halogens is 4. The van der Waals surface area contributed by atoms with Crippen LogP contribution in [0.25, 0.3) is 10.9 Å². The molecule has 1 N–H and O–H groups in total. The summed E-state index contributed by atoms with van der Waals surface area (Å²) >= 11 is 5.44. The number of carbonyl (C=O) groups is 1. The fourth-order valence-electron chi connectivity index (χ4n) is 1.52. The van der Waals surface area contributed by atoms with Crippen molar-refractivity contribution in [3.8, 4) is 0 Å². The van der Waals surface area contributed by atoms with Crippen molar-refractivity contribution in [3.05, 3.63) is 34.7 Å². The van der Waals surface area contributed by atoms with E-state index >= 15 is 0 Å². The minimum atomic E-state index is -4.65. The highest BCUT2D eigenvalue weighted by Crippen LogP contribution is 2.34. The van der Waals surface area contributed by atoms with Gasteiger partial charge in [0.15, 0.2) is 5.69 Å². The quantitative estimate of drug-likeness (QED) is 0.813. The number of carboxylic acids is 1. The molecule has 4 nitrogen and oxygen atoms in total. The van der Waals surface area contributed by atoms with Crippen LogP contribution in [0.15, 0.2) is 18.2 Å². The molecule has 0 aliphatic rings. The van der Waals surface area contributed by atoms with Crippen molar-refractivity contribution in [3.63, 3.8) is 0 Å². The van der Waals surface area contributed by atoms with Crippen LogP contribution < -0.4 is 0 Å². The molecule has 94 valence electrons. The lowest BCUT2D eigenvalue weighted by molar-refractivity contribution is -0.136. The van der Waals surface area contributed by atoms with E-state index in [1.165, 1.54) is 6.07 Å². The minimum Gasteiger partial charge on any atom is -0.476 e. The maximum Gasteiger partial charge on any atom is 0.418 e. The second-order valence-electron chi connectivity index (χ2n) is 3.35. The van der Waals surface area contributed by atoms with Gasteiger partial charge < -0.3 is 5.11 Å². The van der Waals surface area contributed by atoms with Gasteiger partial charge in [0.05, 0.1) is 11.1 Å². The maximum absolute atomic E-state index is 12.7. The van der Waals surface area contributed by atoms with Gasteiger partial charge in [-0.3, -0.25) is 0 Å². The summed E-state index contributed by atoms with van der Waals surface area (Å²) in [5.41, 5.74) is -2.13.